The lowest BCUT2D eigenvalue weighted by atomic mass is 10.2. The van der Waals surface area contributed by atoms with E-state index in [0.29, 0.717) is 6.61 Å². The van der Waals surface area contributed by atoms with E-state index in [1.54, 1.807) is 7.11 Å². The maximum atomic E-state index is 6.17. The number of aromatic nitrogens is 2. The highest BCUT2D eigenvalue weighted by Crippen LogP contribution is 2.18. The Labute approximate surface area is 118 Å². The van der Waals surface area contributed by atoms with Gasteiger partial charge < -0.3 is 4.74 Å². The zero-order valence-electron chi connectivity index (χ0n) is 11.6. The van der Waals surface area contributed by atoms with Crippen LogP contribution in [-0.2, 0) is 18.3 Å². The van der Waals surface area contributed by atoms with Gasteiger partial charge in [-0.05, 0) is 13.1 Å². The van der Waals surface area contributed by atoms with Crippen molar-refractivity contribution in [3.8, 4) is 0 Å². The van der Waals surface area contributed by atoms with Crippen LogP contribution < -0.4 is 0 Å². The average molecular weight is 282 g/mol. The number of ether oxygens (including phenoxy) is 1. The fourth-order valence-corrected chi connectivity index (χ4v) is 2.66. The van der Waals surface area contributed by atoms with Crippen LogP contribution in [0.2, 0.25) is 0 Å². The maximum Gasteiger partial charge on any atom is 0.0843 e. The molecule has 1 unspecified atom stereocenters. The Bertz CT molecular complexity index is 540. The SMILES string of the molecule is COCC(Cl)CN(C)Cc1nn(C)c2ccccc12. The molecule has 2 aromatic rings. The highest BCUT2D eigenvalue weighted by molar-refractivity contribution is 6.20. The summed E-state index contributed by atoms with van der Waals surface area (Å²) in [6.45, 7) is 2.13. The van der Waals surface area contributed by atoms with E-state index in [9.17, 15) is 0 Å². The van der Waals surface area contributed by atoms with Crippen molar-refractivity contribution < 1.29 is 4.74 Å². The molecular formula is C14H20ClN3O. The number of para-hydroxylation sites is 1. The van der Waals surface area contributed by atoms with Crippen molar-refractivity contribution >= 4 is 22.5 Å². The van der Waals surface area contributed by atoms with Crippen LogP contribution in [0.1, 0.15) is 5.69 Å². The van der Waals surface area contributed by atoms with Gasteiger partial charge in [0.05, 0.1) is 23.2 Å². The third kappa shape index (κ3) is 3.47. The molecule has 4 nitrogen and oxygen atoms in total. The number of alkyl halides is 1. The third-order valence-electron chi connectivity index (χ3n) is 3.11. The number of aryl methyl sites for hydroxylation is 1. The predicted octanol–water partition coefficient (Wildman–Crippen LogP) is 2.26. The molecule has 5 heteroatoms. The molecule has 1 atom stereocenters. The van der Waals surface area contributed by atoms with Crippen molar-refractivity contribution in [2.75, 3.05) is 27.3 Å². The minimum Gasteiger partial charge on any atom is -0.383 e. The topological polar surface area (TPSA) is 30.3 Å². The van der Waals surface area contributed by atoms with Crippen LogP contribution in [-0.4, -0.2) is 47.4 Å². The van der Waals surface area contributed by atoms with E-state index in [2.05, 4.69) is 29.2 Å². The van der Waals surface area contributed by atoms with Gasteiger partial charge in [0.1, 0.15) is 0 Å². The first kappa shape index (κ1) is 14.3. The van der Waals surface area contributed by atoms with E-state index in [-0.39, 0.29) is 5.38 Å². The number of hydrogen-bond donors (Lipinski definition) is 0. The van der Waals surface area contributed by atoms with Crippen molar-refractivity contribution in [2.24, 2.45) is 7.05 Å². The molecule has 0 saturated carbocycles. The second-order valence-electron chi connectivity index (χ2n) is 4.84. The molecular weight excluding hydrogens is 262 g/mol. The van der Waals surface area contributed by atoms with Gasteiger partial charge in [-0.15, -0.1) is 11.6 Å². The molecule has 0 N–H and O–H groups in total. The van der Waals surface area contributed by atoms with E-state index < -0.39 is 0 Å². The number of methoxy groups -OCH3 is 1. The summed E-state index contributed by atoms with van der Waals surface area (Å²) in [7, 11) is 5.69. The second kappa shape index (κ2) is 6.37. The minimum absolute atomic E-state index is 0.00461. The molecule has 0 spiro atoms. The summed E-state index contributed by atoms with van der Waals surface area (Å²) < 4.78 is 6.97. The summed E-state index contributed by atoms with van der Waals surface area (Å²) in [5.41, 5.74) is 2.24. The molecule has 0 radical (unpaired) electrons. The molecule has 1 heterocycles. The number of rotatable bonds is 6. The molecule has 0 amide bonds. The zero-order chi connectivity index (χ0) is 13.8. The largest absolute Gasteiger partial charge is 0.383 e. The Morgan fingerprint density at radius 1 is 1.42 bits per heavy atom. The van der Waals surface area contributed by atoms with Crippen molar-refractivity contribution in [1.29, 1.82) is 0 Å². The fraction of sp³-hybridized carbons (Fsp3) is 0.500. The molecule has 0 aliphatic heterocycles. The first-order valence-electron chi connectivity index (χ1n) is 6.34. The Morgan fingerprint density at radius 3 is 2.89 bits per heavy atom. The maximum absolute atomic E-state index is 6.17. The number of nitrogens with zero attached hydrogens (tertiary/aromatic N) is 3. The standard InChI is InChI=1S/C14H20ClN3O/c1-17(8-11(15)10-19-3)9-13-12-6-4-5-7-14(12)18(2)16-13/h4-7,11H,8-10H2,1-3H3. The summed E-state index contributed by atoms with van der Waals surface area (Å²) in [5.74, 6) is 0. The summed E-state index contributed by atoms with van der Waals surface area (Å²) in [6, 6.07) is 8.27. The minimum atomic E-state index is 0.00461. The van der Waals surface area contributed by atoms with Crippen LogP contribution in [0.4, 0.5) is 0 Å². The van der Waals surface area contributed by atoms with Gasteiger partial charge in [0.15, 0.2) is 0 Å². The molecule has 0 saturated heterocycles. The molecule has 104 valence electrons. The van der Waals surface area contributed by atoms with Crippen LogP contribution >= 0.6 is 11.6 Å². The molecule has 0 aliphatic carbocycles. The van der Waals surface area contributed by atoms with Crippen LogP contribution in [0.15, 0.2) is 24.3 Å². The molecule has 0 fully saturated rings. The van der Waals surface area contributed by atoms with E-state index in [4.69, 9.17) is 16.3 Å². The zero-order valence-corrected chi connectivity index (χ0v) is 12.4. The quantitative estimate of drug-likeness (QED) is 0.761. The van der Waals surface area contributed by atoms with Gasteiger partial charge in [0.2, 0.25) is 0 Å². The highest BCUT2D eigenvalue weighted by atomic mass is 35.5. The van der Waals surface area contributed by atoms with E-state index in [1.807, 2.05) is 23.9 Å². The average Bonchev–Trinajstić information content (AvgIpc) is 2.67. The smallest absolute Gasteiger partial charge is 0.0843 e. The third-order valence-corrected chi connectivity index (χ3v) is 3.38. The van der Waals surface area contributed by atoms with Crippen LogP contribution in [0.25, 0.3) is 10.9 Å². The Balaban J connectivity index is 2.09. The van der Waals surface area contributed by atoms with Gasteiger partial charge in [0, 0.05) is 32.6 Å². The lowest BCUT2D eigenvalue weighted by molar-refractivity contribution is 0.181. The number of fused-ring (bicyclic) bond motifs is 1. The Morgan fingerprint density at radius 2 is 2.16 bits per heavy atom. The van der Waals surface area contributed by atoms with Crippen molar-refractivity contribution in [3.63, 3.8) is 0 Å². The molecule has 1 aromatic carbocycles. The van der Waals surface area contributed by atoms with Crippen LogP contribution in [0.3, 0.4) is 0 Å². The number of hydrogen-bond acceptors (Lipinski definition) is 3. The normalized spacial score (nSPS) is 13.3. The molecule has 0 bridgehead atoms. The van der Waals surface area contributed by atoms with Crippen molar-refractivity contribution in [3.05, 3.63) is 30.0 Å². The van der Waals surface area contributed by atoms with Gasteiger partial charge in [-0.1, -0.05) is 18.2 Å². The monoisotopic (exact) mass is 281 g/mol. The van der Waals surface area contributed by atoms with Gasteiger partial charge in [-0.2, -0.15) is 5.10 Å². The van der Waals surface area contributed by atoms with Crippen molar-refractivity contribution in [2.45, 2.75) is 11.9 Å². The number of halogens is 1. The first-order chi connectivity index (χ1) is 9.11. The van der Waals surface area contributed by atoms with Gasteiger partial charge >= 0.3 is 0 Å². The lowest BCUT2D eigenvalue weighted by Gasteiger charge is -2.18. The van der Waals surface area contributed by atoms with E-state index in [1.165, 1.54) is 5.39 Å². The fourth-order valence-electron chi connectivity index (χ4n) is 2.30. The highest BCUT2D eigenvalue weighted by Gasteiger charge is 2.13. The van der Waals surface area contributed by atoms with Crippen molar-refractivity contribution in [1.82, 2.24) is 14.7 Å². The number of benzene rings is 1. The van der Waals surface area contributed by atoms with Crippen LogP contribution in [0, 0.1) is 0 Å². The Kier molecular flexibility index (Phi) is 4.80. The first-order valence-corrected chi connectivity index (χ1v) is 6.77. The van der Waals surface area contributed by atoms with Gasteiger partial charge in [0.25, 0.3) is 0 Å². The lowest BCUT2D eigenvalue weighted by Crippen LogP contribution is -2.28. The van der Waals surface area contributed by atoms with E-state index >= 15 is 0 Å². The predicted molar refractivity (Wildman–Crippen MR) is 78.6 cm³/mol. The summed E-state index contributed by atoms with van der Waals surface area (Å²) >= 11 is 6.17. The molecule has 2 rings (SSSR count). The summed E-state index contributed by atoms with van der Waals surface area (Å²) in [5, 5.41) is 5.79. The van der Waals surface area contributed by atoms with Gasteiger partial charge in [-0.3, -0.25) is 9.58 Å². The molecule has 19 heavy (non-hydrogen) atoms. The Hall–Kier alpha value is -1.10. The van der Waals surface area contributed by atoms with E-state index in [0.717, 1.165) is 24.3 Å². The summed E-state index contributed by atoms with van der Waals surface area (Å²) in [4.78, 5) is 2.17. The van der Waals surface area contributed by atoms with Crippen LogP contribution in [0.5, 0.6) is 0 Å². The second-order valence-corrected chi connectivity index (χ2v) is 5.45. The van der Waals surface area contributed by atoms with Gasteiger partial charge in [-0.25, -0.2) is 0 Å². The molecule has 1 aromatic heterocycles. The molecule has 0 aliphatic rings. The summed E-state index contributed by atoms with van der Waals surface area (Å²) in [6.07, 6.45) is 0.